The van der Waals surface area contributed by atoms with E-state index in [2.05, 4.69) is 5.32 Å². The van der Waals surface area contributed by atoms with E-state index in [-0.39, 0.29) is 11.8 Å². The number of nitrogens with zero attached hydrogens (tertiary/aromatic N) is 1. The lowest BCUT2D eigenvalue weighted by Crippen LogP contribution is -2.45. The van der Waals surface area contributed by atoms with Gasteiger partial charge >= 0.3 is 5.97 Å². The van der Waals surface area contributed by atoms with Crippen molar-refractivity contribution in [2.24, 2.45) is 5.92 Å². The molecule has 1 aromatic rings. The van der Waals surface area contributed by atoms with Crippen LogP contribution in [-0.2, 0) is 4.79 Å². The van der Waals surface area contributed by atoms with Gasteiger partial charge in [-0.3, -0.25) is 4.79 Å². The summed E-state index contributed by atoms with van der Waals surface area (Å²) in [7, 11) is 0. The van der Waals surface area contributed by atoms with Crippen LogP contribution in [0.3, 0.4) is 0 Å². The van der Waals surface area contributed by atoms with E-state index in [0.29, 0.717) is 18.2 Å². The Morgan fingerprint density at radius 3 is 2.74 bits per heavy atom. The number of carboxylic acid groups (broad SMARTS) is 1. The van der Waals surface area contributed by atoms with Gasteiger partial charge in [-0.15, -0.1) is 0 Å². The van der Waals surface area contributed by atoms with Crippen LogP contribution in [0.4, 0.5) is 0 Å². The quantitative estimate of drug-likeness (QED) is 0.826. The Morgan fingerprint density at radius 2 is 2.21 bits per heavy atom. The van der Waals surface area contributed by atoms with Crippen molar-refractivity contribution in [3.63, 3.8) is 0 Å². The molecule has 5 nitrogen and oxygen atoms in total. The molecule has 0 bridgehead atoms. The van der Waals surface area contributed by atoms with Crippen LogP contribution in [0, 0.1) is 5.92 Å². The molecule has 1 saturated carbocycles. The first-order valence-electron chi connectivity index (χ1n) is 6.75. The van der Waals surface area contributed by atoms with Crippen molar-refractivity contribution in [1.82, 2.24) is 9.88 Å². The smallest absolute Gasteiger partial charge is 0.326 e. The molecule has 2 atom stereocenters. The molecule has 2 N–H and O–H groups in total. The molecule has 1 aliphatic carbocycles. The molecular weight excluding hydrogens is 244 g/mol. The van der Waals surface area contributed by atoms with Crippen LogP contribution in [-0.4, -0.2) is 27.6 Å². The first-order chi connectivity index (χ1) is 9.04. The summed E-state index contributed by atoms with van der Waals surface area (Å²) in [6, 6.07) is 3.14. The number of carbonyl (C=O) groups excluding carboxylic acids is 1. The highest BCUT2D eigenvalue weighted by Crippen LogP contribution is 2.36. The molecule has 104 valence electrons. The third-order valence-corrected chi connectivity index (χ3v) is 3.72. The highest BCUT2D eigenvalue weighted by molar-refractivity contribution is 5.95. The Morgan fingerprint density at radius 1 is 1.53 bits per heavy atom. The second-order valence-electron chi connectivity index (χ2n) is 5.21. The van der Waals surface area contributed by atoms with Crippen LogP contribution in [0.25, 0.3) is 0 Å². The van der Waals surface area contributed by atoms with E-state index in [1.807, 2.05) is 30.7 Å². The van der Waals surface area contributed by atoms with Gasteiger partial charge in [0.25, 0.3) is 5.91 Å². The summed E-state index contributed by atoms with van der Waals surface area (Å²) < 4.78 is 1.94. The highest BCUT2D eigenvalue weighted by atomic mass is 16.4. The molecular formula is C14H20N2O3. The maximum absolute atomic E-state index is 12.2. The van der Waals surface area contributed by atoms with Crippen molar-refractivity contribution in [2.75, 3.05) is 0 Å². The molecule has 0 saturated heterocycles. The van der Waals surface area contributed by atoms with Crippen molar-refractivity contribution in [2.45, 2.75) is 45.2 Å². The maximum atomic E-state index is 12.2. The van der Waals surface area contributed by atoms with Gasteiger partial charge in [0.15, 0.2) is 0 Å². The molecule has 0 radical (unpaired) electrons. The average molecular weight is 264 g/mol. The largest absolute Gasteiger partial charge is 0.480 e. The molecule has 1 amide bonds. The van der Waals surface area contributed by atoms with E-state index >= 15 is 0 Å². The highest BCUT2D eigenvalue weighted by Gasteiger charge is 2.30. The Bertz CT molecular complexity index is 477. The van der Waals surface area contributed by atoms with Gasteiger partial charge in [-0.05, 0) is 30.9 Å². The standard InChI is InChI=1S/C14H20N2O3/c1-3-9(2)12(14(18)19)15-13(17)11-5-4-8-16(11)10-6-7-10/h4-5,8-10,12H,3,6-7H2,1-2H3,(H,15,17)(H,18,19)/t9-,12-/m0/s1. The van der Waals surface area contributed by atoms with E-state index in [4.69, 9.17) is 0 Å². The first-order valence-corrected chi connectivity index (χ1v) is 6.75. The number of hydrogen-bond acceptors (Lipinski definition) is 2. The van der Waals surface area contributed by atoms with Crippen LogP contribution in [0.5, 0.6) is 0 Å². The lowest BCUT2D eigenvalue weighted by atomic mass is 9.99. The van der Waals surface area contributed by atoms with Crippen LogP contribution >= 0.6 is 0 Å². The Balaban J connectivity index is 2.10. The summed E-state index contributed by atoms with van der Waals surface area (Å²) in [5, 5.41) is 11.8. The van der Waals surface area contributed by atoms with Crippen molar-refractivity contribution in [3.05, 3.63) is 24.0 Å². The van der Waals surface area contributed by atoms with Gasteiger partial charge in [0.05, 0.1) is 0 Å². The minimum Gasteiger partial charge on any atom is -0.480 e. The molecule has 5 heteroatoms. The predicted molar refractivity (Wildman–Crippen MR) is 71.0 cm³/mol. The van der Waals surface area contributed by atoms with Gasteiger partial charge in [0.1, 0.15) is 11.7 Å². The summed E-state index contributed by atoms with van der Waals surface area (Å²) in [5.41, 5.74) is 0.553. The topological polar surface area (TPSA) is 71.3 Å². The average Bonchev–Trinajstić information content (AvgIpc) is 3.11. The van der Waals surface area contributed by atoms with Crippen LogP contribution in [0.1, 0.15) is 49.6 Å². The van der Waals surface area contributed by atoms with Gasteiger partial charge in [-0.25, -0.2) is 4.79 Å². The van der Waals surface area contributed by atoms with Gasteiger partial charge in [-0.2, -0.15) is 0 Å². The van der Waals surface area contributed by atoms with Gasteiger partial charge in [-0.1, -0.05) is 20.3 Å². The van der Waals surface area contributed by atoms with Crippen molar-refractivity contribution < 1.29 is 14.7 Å². The minimum atomic E-state index is -0.979. The summed E-state index contributed by atoms with van der Waals surface area (Å²) in [5.74, 6) is -1.37. The normalized spacial score (nSPS) is 17.8. The molecule has 0 unspecified atom stereocenters. The number of nitrogens with one attached hydrogen (secondary N) is 1. The van der Waals surface area contributed by atoms with E-state index in [1.165, 1.54) is 0 Å². The number of carbonyl (C=O) groups is 2. The fourth-order valence-electron chi connectivity index (χ4n) is 2.16. The predicted octanol–water partition coefficient (Wildman–Crippen LogP) is 2.05. The molecule has 1 heterocycles. The Kier molecular flexibility index (Phi) is 3.93. The number of hydrogen-bond donors (Lipinski definition) is 2. The molecule has 19 heavy (non-hydrogen) atoms. The number of carboxylic acids is 1. The monoisotopic (exact) mass is 264 g/mol. The maximum Gasteiger partial charge on any atom is 0.326 e. The van der Waals surface area contributed by atoms with E-state index in [1.54, 1.807) is 6.07 Å². The van der Waals surface area contributed by atoms with E-state index in [0.717, 1.165) is 12.8 Å². The summed E-state index contributed by atoms with van der Waals surface area (Å²) >= 11 is 0. The van der Waals surface area contributed by atoms with E-state index < -0.39 is 12.0 Å². The van der Waals surface area contributed by atoms with Crippen LogP contribution < -0.4 is 5.32 Å². The SMILES string of the molecule is CC[C@H](C)[C@H](NC(=O)c1cccn1C1CC1)C(=O)O. The summed E-state index contributed by atoms with van der Waals surface area (Å²) in [6.45, 7) is 3.75. The van der Waals surface area contributed by atoms with Crippen molar-refractivity contribution >= 4 is 11.9 Å². The summed E-state index contributed by atoms with van der Waals surface area (Å²) in [6.07, 6.45) is 4.76. The molecule has 2 rings (SSSR count). The van der Waals surface area contributed by atoms with Gasteiger partial charge < -0.3 is 15.0 Å². The third-order valence-electron chi connectivity index (χ3n) is 3.72. The zero-order valence-corrected chi connectivity index (χ0v) is 11.3. The second-order valence-corrected chi connectivity index (χ2v) is 5.21. The second kappa shape index (κ2) is 5.47. The van der Waals surface area contributed by atoms with Crippen molar-refractivity contribution in [3.8, 4) is 0 Å². The van der Waals surface area contributed by atoms with E-state index in [9.17, 15) is 14.7 Å². The number of aliphatic carboxylic acids is 1. The number of rotatable bonds is 6. The fraction of sp³-hybridized carbons (Fsp3) is 0.571. The zero-order chi connectivity index (χ0) is 14.0. The number of aromatic nitrogens is 1. The number of amides is 1. The third kappa shape index (κ3) is 2.97. The summed E-state index contributed by atoms with van der Waals surface area (Å²) in [4.78, 5) is 23.4. The van der Waals surface area contributed by atoms with Crippen LogP contribution in [0.15, 0.2) is 18.3 Å². The van der Waals surface area contributed by atoms with Crippen molar-refractivity contribution in [1.29, 1.82) is 0 Å². The molecule has 0 aromatic carbocycles. The first kappa shape index (κ1) is 13.6. The molecule has 1 aromatic heterocycles. The molecule has 1 aliphatic rings. The fourth-order valence-corrected chi connectivity index (χ4v) is 2.16. The lowest BCUT2D eigenvalue weighted by Gasteiger charge is -2.20. The van der Waals surface area contributed by atoms with Gasteiger partial charge in [0, 0.05) is 12.2 Å². The lowest BCUT2D eigenvalue weighted by molar-refractivity contribution is -0.140. The van der Waals surface area contributed by atoms with Crippen LogP contribution in [0.2, 0.25) is 0 Å². The zero-order valence-electron chi connectivity index (χ0n) is 11.3. The Labute approximate surface area is 112 Å². The molecule has 1 fully saturated rings. The minimum absolute atomic E-state index is 0.0919. The molecule has 0 spiro atoms. The molecule has 0 aliphatic heterocycles. The Hall–Kier alpha value is -1.78. The van der Waals surface area contributed by atoms with Gasteiger partial charge in [0.2, 0.25) is 0 Å².